The molecule has 0 saturated heterocycles. The number of ketones is 1. The van der Waals surface area contributed by atoms with Gasteiger partial charge in [0.15, 0.2) is 0 Å². The van der Waals surface area contributed by atoms with E-state index >= 15 is 0 Å². The number of hydrogen-bond acceptors (Lipinski definition) is 4. The number of halogens is 3. The number of aromatic nitrogens is 1. The zero-order chi connectivity index (χ0) is 20.4. The Morgan fingerprint density at radius 1 is 1.11 bits per heavy atom. The Morgan fingerprint density at radius 2 is 1.70 bits per heavy atom. The van der Waals surface area contributed by atoms with Crippen LogP contribution in [0.3, 0.4) is 0 Å². The number of carbonyl (C=O) groups is 1. The van der Waals surface area contributed by atoms with E-state index in [0.29, 0.717) is 5.69 Å². The van der Waals surface area contributed by atoms with Crippen LogP contribution in [-0.2, 0) is 33.3 Å². The number of hydrogen-bond donors (Lipinski definition) is 1. The van der Waals surface area contributed by atoms with Crippen LogP contribution in [0, 0.1) is 6.92 Å². The number of nitrogens with one attached hydrogen (secondary N) is 1. The molecule has 0 radical (unpaired) electrons. The van der Waals surface area contributed by atoms with Gasteiger partial charge >= 0.3 is 6.18 Å². The molecule has 0 aliphatic rings. The van der Waals surface area contributed by atoms with Gasteiger partial charge in [-0.05, 0) is 43.7 Å². The Balaban J connectivity index is 2.24. The van der Waals surface area contributed by atoms with Gasteiger partial charge in [-0.25, -0.2) is 8.42 Å². The number of sulfonamides is 1. The number of pyridine rings is 1. The lowest BCUT2D eigenvalue weighted by Gasteiger charge is -2.13. The minimum atomic E-state index is -4.51. The summed E-state index contributed by atoms with van der Waals surface area (Å²) in [6.45, 7) is 2.71. The Kier molecular flexibility index (Phi) is 5.79. The van der Waals surface area contributed by atoms with Crippen LogP contribution in [-0.4, -0.2) is 18.8 Å². The summed E-state index contributed by atoms with van der Waals surface area (Å²) in [4.78, 5) is 23.6. The van der Waals surface area contributed by atoms with E-state index in [1.165, 1.54) is 19.1 Å². The van der Waals surface area contributed by atoms with E-state index in [2.05, 4.69) is 4.72 Å². The molecule has 0 atom stereocenters. The van der Waals surface area contributed by atoms with Gasteiger partial charge in [0.1, 0.15) is 11.5 Å². The number of alkyl halides is 3. The van der Waals surface area contributed by atoms with Gasteiger partial charge in [-0.3, -0.25) is 14.3 Å². The summed E-state index contributed by atoms with van der Waals surface area (Å²) in [6.07, 6.45) is -4.51. The van der Waals surface area contributed by atoms with Crippen LogP contribution < -0.4 is 10.3 Å². The van der Waals surface area contributed by atoms with Crippen molar-refractivity contribution in [3.8, 4) is 0 Å². The van der Waals surface area contributed by atoms with Crippen LogP contribution in [0.4, 0.5) is 18.9 Å². The lowest BCUT2D eigenvalue weighted by Crippen LogP contribution is -2.29. The van der Waals surface area contributed by atoms with Gasteiger partial charge in [0.2, 0.25) is 10.0 Å². The normalized spacial score (nSPS) is 12.0. The van der Waals surface area contributed by atoms with Gasteiger partial charge in [0.05, 0.1) is 17.9 Å². The molecule has 10 heteroatoms. The largest absolute Gasteiger partial charge is 0.416 e. The number of anilines is 1. The fourth-order valence-corrected chi connectivity index (χ4v) is 3.57. The molecule has 2 rings (SSSR count). The van der Waals surface area contributed by atoms with Crippen LogP contribution >= 0.6 is 0 Å². The van der Waals surface area contributed by atoms with Crippen molar-refractivity contribution in [2.75, 3.05) is 4.72 Å². The standard InChI is InChI=1S/C17H17F3N2O4S/c1-11-3-8-15(16(24)22(11)9-12(2)23)21-27(25,26)10-13-4-6-14(7-5-13)17(18,19)20/h3-8,21H,9-10H2,1-2H3. The number of nitrogens with zero attached hydrogens (tertiary/aromatic N) is 1. The third kappa shape index (κ3) is 5.43. The van der Waals surface area contributed by atoms with Crippen LogP contribution in [0.1, 0.15) is 23.7 Å². The molecule has 1 heterocycles. The van der Waals surface area contributed by atoms with E-state index in [4.69, 9.17) is 0 Å². The third-order valence-corrected chi connectivity index (χ3v) is 4.92. The second kappa shape index (κ2) is 7.55. The van der Waals surface area contributed by atoms with Gasteiger partial charge in [-0.15, -0.1) is 0 Å². The maximum absolute atomic E-state index is 12.6. The second-order valence-corrected chi connectivity index (χ2v) is 7.76. The highest BCUT2D eigenvalue weighted by Gasteiger charge is 2.30. The number of rotatable bonds is 6. The second-order valence-electron chi connectivity index (χ2n) is 6.04. The van der Waals surface area contributed by atoms with Gasteiger partial charge in [-0.2, -0.15) is 13.2 Å². The van der Waals surface area contributed by atoms with Crippen molar-refractivity contribution in [2.45, 2.75) is 32.3 Å². The molecule has 0 aliphatic carbocycles. The molecular weight excluding hydrogens is 385 g/mol. The van der Waals surface area contributed by atoms with Crippen molar-refractivity contribution >= 4 is 21.5 Å². The van der Waals surface area contributed by atoms with Crippen molar-refractivity contribution in [3.05, 3.63) is 63.6 Å². The van der Waals surface area contributed by atoms with Crippen molar-refractivity contribution in [1.82, 2.24) is 4.57 Å². The summed E-state index contributed by atoms with van der Waals surface area (Å²) >= 11 is 0. The molecule has 6 nitrogen and oxygen atoms in total. The van der Waals surface area contributed by atoms with Crippen molar-refractivity contribution in [3.63, 3.8) is 0 Å². The molecule has 0 fully saturated rings. The average molecular weight is 402 g/mol. The molecule has 1 aromatic carbocycles. The lowest BCUT2D eigenvalue weighted by molar-refractivity contribution is -0.137. The monoisotopic (exact) mass is 402 g/mol. The van der Waals surface area contributed by atoms with Crippen molar-refractivity contribution in [1.29, 1.82) is 0 Å². The summed E-state index contributed by atoms with van der Waals surface area (Å²) in [5, 5.41) is 0. The molecule has 0 bridgehead atoms. The molecule has 0 unspecified atom stereocenters. The summed E-state index contributed by atoms with van der Waals surface area (Å²) in [6, 6.07) is 6.46. The number of aryl methyl sites for hydroxylation is 1. The Bertz CT molecular complexity index is 1010. The molecule has 2 aromatic rings. The highest BCUT2D eigenvalue weighted by Crippen LogP contribution is 2.29. The predicted octanol–water partition coefficient (Wildman–Crippen LogP) is 2.71. The molecule has 0 amide bonds. The van der Waals surface area contributed by atoms with Crippen LogP contribution in [0.15, 0.2) is 41.2 Å². The van der Waals surface area contributed by atoms with Crippen molar-refractivity contribution in [2.24, 2.45) is 0 Å². The van der Waals surface area contributed by atoms with E-state index in [1.807, 2.05) is 0 Å². The topological polar surface area (TPSA) is 85.2 Å². The third-order valence-electron chi connectivity index (χ3n) is 3.68. The fraction of sp³-hybridized carbons (Fsp3) is 0.294. The van der Waals surface area contributed by atoms with Crippen LogP contribution in [0.25, 0.3) is 0 Å². The molecule has 0 aliphatic heterocycles. The van der Waals surface area contributed by atoms with E-state index in [1.54, 1.807) is 6.92 Å². The Labute approximate surface area is 153 Å². The zero-order valence-corrected chi connectivity index (χ0v) is 15.3. The first kappa shape index (κ1) is 20.7. The van der Waals surface area contributed by atoms with Gasteiger partial charge in [-0.1, -0.05) is 12.1 Å². The van der Waals surface area contributed by atoms with E-state index in [-0.39, 0.29) is 23.6 Å². The minimum absolute atomic E-state index is 0.131. The average Bonchev–Trinajstić information content (AvgIpc) is 2.53. The highest BCUT2D eigenvalue weighted by atomic mass is 32.2. The van der Waals surface area contributed by atoms with E-state index in [0.717, 1.165) is 28.8 Å². The lowest BCUT2D eigenvalue weighted by atomic mass is 10.1. The maximum atomic E-state index is 12.6. The first-order valence-electron chi connectivity index (χ1n) is 7.75. The maximum Gasteiger partial charge on any atom is 0.416 e. The number of benzene rings is 1. The number of Topliss-reactive ketones (excluding diaryl/α,β-unsaturated/α-hetero) is 1. The Hall–Kier alpha value is -2.62. The zero-order valence-electron chi connectivity index (χ0n) is 14.5. The van der Waals surface area contributed by atoms with Gasteiger partial charge in [0.25, 0.3) is 5.56 Å². The SMILES string of the molecule is CC(=O)Cn1c(C)ccc(NS(=O)(=O)Cc2ccc(C(F)(F)F)cc2)c1=O. The molecular formula is C17H17F3N2O4S. The van der Waals surface area contributed by atoms with Crippen LogP contribution in [0.5, 0.6) is 0 Å². The smallest absolute Gasteiger partial charge is 0.304 e. The first-order chi connectivity index (χ1) is 12.4. The molecule has 1 aromatic heterocycles. The fourth-order valence-electron chi connectivity index (χ4n) is 2.38. The quantitative estimate of drug-likeness (QED) is 0.805. The summed E-state index contributed by atoms with van der Waals surface area (Å²) in [5.41, 5.74) is -1.19. The van der Waals surface area contributed by atoms with Gasteiger partial charge < -0.3 is 4.57 Å². The van der Waals surface area contributed by atoms with E-state index < -0.39 is 33.1 Å². The van der Waals surface area contributed by atoms with Crippen LogP contribution in [0.2, 0.25) is 0 Å². The van der Waals surface area contributed by atoms with Crippen molar-refractivity contribution < 1.29 is 26.4 Å². The van der Waals surface area contributed by atoms with E-state index in [9.17, 15) is 31.2 Å². The summed E-state index contributed by atoms with van der Waals surface area (Å²) < 4.78 is 65.5. The first-order valence-corrected chi connectivity index (χ1v) is 9.41. The summed E-state index contributed by atoms with van der Waals surface area (Å²) in [5.74, 6) is -0.879. The Morgan fingerprint density at radius 3 is 2.22 bits per heavy atom. The number of carbonyl (C=O) groups excluding carboxylic acids is 1. The molecule has 1 N–H and O–H groups in total. The predicted molar refractivity (Wildman–Crippen MR) is 93.8 cm³/mol. The molecule has 27 heavy (non-hydrogen) atoms. The summed E-state index contributed by atoms with van der Waals surface area (Å²) in [7, 11) is -4.05. The molecule has 0 spiro atoms. The highest BCUT2D eigenvalue weighted by molar-refractivity contribution is 7.91. The molecule has 146 valence electrons. The van der Waals surface area contributed by atoms with Gasteiger partial charge in [0, 0.05) is 5.69 Å². The molecule has 0 saturated carbocycles. The minimum Gasteiger partial charge on any atom is -0.304 e.